The van der Waals surface area contributed by atoms with E-state index in [1.54, 1.807) is 14.0 Å². The number of hydrogen-bond acceptors (Lipinski definition) is 3. The Morgan fingerprint density at radius 3 is 2.22 bits per heavy atom. The molecule has 23 heavy (non-hydrogen) atoms. The molecular weight excluding hydrogens is 290 g/mol. The van der Waals surface area contributed by atoms with Crippen molar-refractivity contribution in [1.82, 2.24) is 14.3 Å². The molecule has 0 unspecified atom stereocenters. The molecule has 0 radical (unpaired) electrons. The van der Waals surface area contributed by atoms with Gasteiger partial charge in [-0.2, -0.15) is 9.78 Å². The fourth-order valence-corrected chi connectivity index (χ4v) is 2.24. The fraction of sp³-hybridized carbons (Fsp3) is 0.222. The Morgan fingerprint density at radius 2 is 1.65 bits per heavy atom. The second-order valence-corrected chi connectivity index (χ2v) is 5.57. The standard InChI is InChI=1S/C18H19N3O2/c1-13-4-6-15(7-5-13)12-23-17-10-8-16(9-11-17)21-18(22)20(3)14(2)19-21/h4-11H,12H2,1-3H3. The highest BCUT2D eigenvalue weighted by molar-refractivity contribution is 5.36. The zero-order valence-electron chi connectivity index (χ0n) is 13.5. The lowest BCUT2D eigenvalue weighted by molar-refractivity contribution is 0.306. The van der Waals surface area contributed by atoms with E-state index in [9.17, 15) is 4.79 Å². The summed E-state index contributed by atoms with van der Waals surface area (Å²) in [7, 11) is 1.71. The zero-order chi connectivity index (χ0) is 16.4. The lowest BCUT2D eigenvalue weighted by Gasteiger charge is -2.07. The molecule has 0 saturated heterocycles. The maximum Gasteiger partial charge on any atom is 0.350 e. The number of rotatable bonds is 4. The van der Waals surface area contributed by atoms with Crippen LogP contribution in [0.15, 0.2) is 53.3 Å². The molecule has 3 aromatic rings. The topological polar surface area (TPSA) is 49.0 Å². The first-order valence-electron chi connectivity index (χ1n) is 7.46. The third-order valence-corrected chi connectivity index (χ3v) is 3.81. The number of aryl methyl sites for hydroxylation is 2. The predicted molar refractivity (Wildman–Crippen MR) is 89.1 cm³/mol. The van der Waals surface area contributed by atoms with Crippen LogP contribution in [0.25, 0.3) is 5.69 Å². The summed E-state index contributed by atoms with van der Waals surface area (Å²) in [5.74, 6) is 1.43. The Balaban J connectivity index is 1.73. The van der Waals surface area contributed by atoms with Gasteiger partial charge in [0.1, 0.15) is 18.2 Å². The minimum absolute atomic E-state index is 0.157. The quantitative estimate of drug-likeness (QED) is 0.744. The molecule has 0 bridgehead atoms. The normalized spacial score (nSPS) is 10.7. The van der Waals surface area contributed by atoms with E-state index in [-0.39, 0.29) is 5.69 Å². The molecule has 0 aliphatic carbocycles. The molecule has 0 amide bonds. The van der Waals surface area contributed by atoms with E-state index in [0.29, 0.717) is 12.4 Å². The molecule has 3 rings (SSSR count). The van der Waals surface area contributed by atoms with Crippen molar-refractivity contribution < 1.29 is 4.74 Å². The van der Waals surface area contributed by atoms with Crippen LogP contribution in [0.3, 0.4) is 0 Å². The van der Waals surface area contributed by atoms with Gasteiger partial charge in [-0.25, -0.2) is 4.79 Å². The van der Waals surface area contributed by atoms with Crippen LogP contribution in [-0.4, -0.2) is 14.3 Å². The van der Waals surface area contributed by atoms with Crippen LogP contribution in [0.5, 0.6) is 5.75 Å². The largest absolute Gasteiger partial charge is 0.489 e. The molecule has 0 spiro atoms. The van der Waals surface area contributed by atoms with Gasteiger partial charge in [-0.3, -0.25) is 4.57 Å². The zero-order valence-corrected chi connectivity index (χ0v) is 13.5. The number of aromatic nitrogens is 3. The second kappa shape index (κ2) is 6.12. The van der Waals surface area contributed by atoms with Gasteiger partial charge < -0.3 is 4.74 Å². The van der Waals surface area contributed by atoms with Gasteiger partial charge >= 0.3 is 5.69 Å². The highest BCUT2D eigenvalue weighted by atomic mass is 16.5. The van der Waals surface area contributed by atoms with Crippen LogP contribution in [0.2, 0.25) is 0 Å². The number of benzene rings is 2. The van der Waals surface area contributed by atoms with E-state index in [0.717, 1.165) is 17.0 Å². The van der Waals surface area contributed by atoms with Crippen molar-refractivity contribution >= 4 is 0 Å². The second-order valence-electron chi connectivity index (χ2n) is 5.57. The van der Waals surface area contributed by atoms with Crippen molar-refractivity contribution in [1.29, 1.82) is 0 Å². The molecule has 2 aromatic carbocycles. The molecule has 0 atom stereocenters. The van der Waals surface area contributed by atoms with Gasteiger partial charge in [0.2, 0.25) is 0 Å². The van der Waals surface area contributed by atoms with E-state index < -0.39 is 0 Å². The van der Waals surface area contributed by atoms with Crippen molar-refractivity contribution in [2.45, 2.75) is 20.5 Å². The minimum Gasteiger partial charge on any atom is -0.489 e. The van der Waals surface area contributed by atoms with Gasteiger partial charge in [0, 0.05) is 7.05 Å². The lowest BCUT2D eigenvalue weighted by atomic mass is 10.2. The van der Waals surface area contributed by atoms with Gasteiger partial charge in [-0.15, -0.1) is 0 Å². The monoisotopic (exact) mass is 309 g/mol. The van der Waals surface area contributed by atoms with Gasteiger partial charge in [-0.05, 0) is 43.7 Å². The van der Waals surface area contributed by atoms with E-state index >= 15 is 0 Å². The molecular formula is C18H19N3O2. The minimum atomic E-state index is -0.157. The lowest BCUT2D eigenvalue weighted by Crippen LogP contribution is -2.21. The van der Waals surface area contributed by atoms with Crippen LogP contribution in [-0.2, 0) is 13.7 Å². The Hall–Kier alpha value is -2.82. The van der Waals surface area contributed by atoms with Crippen molar-refractivity contribution in [2.75, 3.05) is 0 Å². The van der Waals surface area contributed by atoms with E-state index in [1.807, 2.05) is 24.3 Å². The van der Waals surface area contributed by atoms with Crippen LogP contribution >= 0.6 is 0 Å². The van der Waals surface area contributed by atoms with Crippen molar-refractivity contribution in [3.8, 4) is 11.4 Å². The SMILES string of the molecule is Cc1ccc(COc2ccc(-n3nc(C)n(C)c3=O)cc2)cc1. The van der Waals surface area contributed by atoms with E-state index in [1.165, 1.54) is 14.8 Å². The molecule has 0 N–H and O–H groups in total. The molecule has 5 heteroatoms. The first-order valence-corrected chi connectivity index (χ1v) is 7.46. The van der Waals surface area contributed by atoms with Gasteiger partial charge in [0.15, 0.2) is 0 Å². The Bertz CT molecular complexity index is 859. The van der Waals surface area contributed by atoms with Crippen molar-refractivity contribution in [2.24, 2.45) is 7.05 Å². The summed E-state index contributed by atoms with van der Waals surface area (Å²) in [6.07, 6.45) is 0. The molecule has 0 aliphatic rings. The highest BCUT2D eigenvalue weighted by Gasteiger charge is 2.08. The summed E-state index contributed by atoms with van der Waals surface area (Å²) in [5.41, 5.74) is 2.92. The smallest absolute Gasteiger partial charge is 0.350 e. The van der Waals surface area contributed by atoms with Crippen molar-refractivity contribution in [3.63, 3.8) is 0 Å². The summed E-state index contributed by atoms with van der Waals surface area (Å²) in [4.78, 5) is 12.0. The highest BCUT2D eigenvalue weighted by Crippen LogP contribution is 2.16. The Kier molecular flexibility index (Phi) is 4.02. The number of ether oxygens (including phenoxy) is 1. The van der Waals surface area contributed by atoms with E-state index in [4.69, 9.17) is 4.74 Å². The summed E-state index contributed by atoms with van der Waals surface area (Å²) < 4.78 is 8.67. The molecule has 0 aliphatic heterocycles. The Labute approximate surface area is 134 Å². The number of hydrogen-bond donors (Lipinski definition) is 0. The molecule has 1 heterocycles. The van der Waals surface area contributed by atoms with Crippen LogP contribution in [0.4, 0.5) is 0 Å². The summed E-state index contributed by atoms with van der Waals surface area (Å²) >= 11 is 0. The van der Waals surface area contributed by atoms with Gasteiger partial charge in [-0.1, -0.05) is 29.8 Å². The molecule has 118 valence electrons. The van der Waals surface area contributed by atoms with Crippen LogP contribution in [0, 0.1) is 13.8 Å². The fourth-order valence-electron chi connectivity index (χ4n) is 2.24. The molecule has 0 fully saturated rings. The maximum absolute atomic E-state index is 12.0. The summed E-state index contributed by atoms with van der Waals surface area (Å²) in [5, 5.41) is 4.24. The Morgan fingerprint density at radius 1 is 1.00 bits per heavy atom. The third kappa shape index (κ3) is 3.18. The average molecular weight is 309 g/mol. The summed E-state index contributed by atoms with van der Waals surface area (Å²) in [6.45, 7) is 4.38. The molecule has 0 saturated carbocycles. The predicted octanol–water partition coefficient (Wildman–Crippen LogP) is 2.77. The molecule has 1 aromatic heterocycles. The number of nitrogens with zero attached hydrogens (tertiary/aromatic N) is 3. The van der Waals surface area contributed by atoms with Gasteiger partial charge in [0.05, 0.1) is 5.69 Å². The van der Waals surface area contributed by atoms with Gasteiger partial charge in [0.25, 0.3) is 0 Å². The average Bonchev–Trinajstić information content (AvgIpc) is 2.82. The first-order chi connectivity index (χ1) is 11.0. The van der Waals surface area contributed by atoms with E-state index in [2.05, 4.69) is 36.3 Å². The summed E-state index contributed by atoms with van der Waals surface area (Å²) in [6, 6.07) is 15.6. The first kappa shape index (κ1) is 15.1. The van der Waals surface area contributed by atoms with Crippen molar-refractivity contribution in [3.05, 3.63) is 76.0 Å². The molecule has 5 nitrogen and oxygen atoms in total. The van der Waals surface area contributed by atoms with Crippen LogP contribution < -0.4 is 10.4 Å². The van der Waals surface area contributed by atoms with Crippen LogP contribution in [0.1, 0.15) is 17.0 Å². The third-order valence-electron chi connectivity index (χ3n) is 3.81. The maximum atomic E-state index is 12.0.